The molecule has 3 aromatic carbocycles. The smallest absolute Gasteiger partial charge is 0.171 e. The Balaban J connectivity index is 1.70. The van der Waals surface area contributed by atoms with E-state index in [1.165, 1.54) is 36.4 Å². The van der Waals surface area contributed by atoms with Crippen molar-refractivity contribution >= 4 is 11.9 Å². The minimum absolute atomic E-state index is 0.0674. The van der Waals surface area contributed by atoms with Crippen LogP contribution in [0.15, 0.2) is 66.3 Å². The van der Waals surface area contributed by atoms with Crippen LogP contribution in [0, 0.1) is 5.92 Å². The van der Waals surface area contributed by atoms with Crippen molar-refractivity contribution in [2.45, 2.75) is 44.6 Å². The van der Waals surface area contributed by atoms with Gasteiger partial charge in [0.05, 0.1) is 11.1 Å². The van der Waals surface area contributed by atoms with E-state index in [1.54, 1.807) is 24.3 Å². The quantitative estimate of drug-likeness (QED) is 0.210. The molecule has 1 unspecified atom stereocenters. The number of allylic oxidation sites excluding steroid dienone is 2. The molecule has 0 aromatic heterocycles. The highest BCUT2D eigenvalue weighted by Gasteiger charge is 2.43. The molecule has 7 heteroatoms. The fraction of sp³-hybridized carbons (Fsp3) is 0.258. The normalized spacial score (nSPS) is 21.8. The average molecular weight is 515 g/mol. The highest BCUT2D eigenvalue weighted by atomic mass is 16.5. The Morgan fingerprint density at radius 1 is 0.947 bits per heavy atom. The molecule has 5 N–H and O–H groups in total. The zero-order chi connectivity index (χ0) is 27.4. The number of benzene rings is 3. The van der Waals surface area contributed by atoms with Crippen LogP contribution in [0.2, 0.25) is 0 Å². The van der Waals surface area contributed by atoms with Crippen LogP contribution in [0.1, 0.15) is 66.1 Å². The van der Waals surface area contributed by atoms with E-state index < -0.39 is 29.1 Å². The Labute approximate surface area is 220 Å². The lowest BCUT2D eigenvalue weighted by molar-refractivity contribution is 0.0876. The van der Waals surface area contributed by atoms with Gasteiger partial charge in [-0.25, -0.2) is 0 Å². The first-order chi connectivity index (χ1) is 18.0. The number of phenolic OH excluding ortho intramolecular Hbond substituents is 5. The molecule has 0 saturated carbocycles. The predicted molar refractivity (Wildman–Crippen MR) is 143 cm³/mol. The highest BCUT2D eigenvalue weighted by molar-refractivity contribution is 6.03. The van der Waals surface area contributed by atoms with Gasteiger partial charge in [0.25, 0.3) is 0 Å². The minimum Gasteiger partial charge on any atom is -0.508 e. The van der Waals surface area contributed by atoms with Gasteiger partial charge >= 0.3 is 0 Å². The summed E-state index contributed by atoms with van der Waals surface area (Å²) in [7, 11) is 0. The van der Waals surface area contributed by atoms with Crippen molar-refractivity contribution < 1.29 is 35.1 Å². The Bertz CT molecular complexity index is 1480. The van der Waals surface area contributed by atoms with Gasteiger partial charge in [0.1, 0.15) is 40.1 Å². The van der Waals surface area contributed by atoms with Crippen molar-refractivity contribution in [1.82, 2.24) is 0 Å². The van der Waals surface area contributed by atoms with Gasteiger partial charge in [0.2, 0.25) is 0 Å². The molecule has 0 fully saturated rings. The molecule has 1 aliphatic carbocycles. The number of Topliss-reactive ketones (excluding diaryl/α,β-unsaturated/α-hetero) is 1. The van der Waals surface area contributed by atoms with Crippen LogP contribution in [-0.4, -0.2) is 36.9 Å². The summed E-state index contributed by atoms with van der Waals surface area (Å²) in [5, 5.41) is 53.4. The topological polar surface area (TPSA) is 127 Å². The van der Waals surface area contributed by atoms with Gasteiger partial charge < -0.3 is 30.3 Å². The maximum absolute atomic E-state index is 14.4. The lowest BCUT2D eigenvalue weighted by atomic mass is 9.65. The summed E-state index contributed by atoms with van der Waals surface area (Å²) in [5.74, 6) is -3.07. The fourth-order valence-corrected chi connectivity index (χ4v) is 5.66. The summed E-state index contributed by atoms with van der Waals surface area (Å²) in [6.45, 7) is 5.66. The first-order valence-corrected chi connectivity index (χ1v) is 12.5. The SMILES string of the molecule is CC1=CC(c2c(O)cccc2O)[C@@H](C(=O)c2ccc3c(c2O)C=CC(C)(C)O3)[C@H](c2ccc(O)cc2O)C1. The number of rotatable bonds is 4. The van der Waals surface area contributed by atoms with E-state index in [2.05, 4.69) is 0 Å². The molecule has 3 atom stereocenters. The molecule has 0 amide bonds. The van der Waals surface area contributed by atoms with Crippen LogP contribution < -0.4 is 4.74 Å². The molecule has 0 saturated heterocycles. The molecule has 7 nitrogen and oxygen atoms in total. The Morgan fingerprint density at radius 3 is 2.34 bits per heavy atom. The number of carbonyl (C=O) groups is 1. The van der Waals surface area contributed by atoms with Gasteiger partial charge in [0.15, 0.2) is 5.78 Å². The lowest BCUT2D eigenvalue weighted by Gasteiger charge is -2.37. The third kappa shape index (κ3) is 4.34. The largest absolute Gasteiger partial charge is 0.508 e. The Kier molecular flexibility index (Phi) is 6.10. The molecular formula is C31H30O7. The Morgan fingerprint density at radius 2 is 1.66 bits per heavy atom. The van der Waals surface area contributed by atoms with Crippen molar-refractivity contribution in [2.24, 2.45) is 5.92 Å². The van der Waals surface area contributed by atoms with Gasteiger partial charge in [0, 0.05) is 29.4 Å². The van der Waals surface area contributed by atoms with E-state index in [0.29, 0.717) is 23.3 Å². The number of aromatic hydroxyl groups is 5. The standard InChI is InChI=1S/C31H30O7/c1-16-13-21(18-8-7-17(32)15-25(18)35)27(22(14-16)28-23(33)5-4-6-24(28)34)30(37)20-9-10-26-19(29(20)36)11-12-31(2,3)38-26/h4-12,14-15,21-22,27,32-36H,13H2,1-3H3/t21-,22?,27-/m0/s1. The second kappa shape index (κ2) is 9.17. The number of hydrogen-bond acceptors (Lipinski definition) is 7. The van der Waals surface area contributed by atoms with E-state index in [4.69, 9.17) is 4.74 Å². The summed E-state index contributed by atoms with van der Waals surface area (Å²) in [5.41, 5.74) is 1.42. The summed E-state index contributed by atoms with van der Waals surface area (Å²) in [6.07, 6.45) is 5.77. The predicted octanol–water partition coefficient (Wildman–Crippen LogP) is 6.12. The van der Waals surface area contributed by atoms with Crippen molar-refractivity contribution in [2.75, 3.05) is 0 Å². The molecule has 1 heterocycles. The number of phenols is 5. The fourth-order valence-electron chi connectivity index (χ4n) is 5.66. The minimum atomic E-state index is -0.915. The van der Waals surface area contributed by atoms with Crippen molar-refractivity contribution in [1.29, 1.82) is 0 Å². The van der Waals surface area contributed by atoms with Gasteiger partial charge in [-0.15, -0.1) is 0 Å². The summed E-state index contributed by atoms with van der Waals surface area (Å²) in [4.78, 5) is 14.4. The van der Waals surface area contributed by atoms with Crippen molar-refractivity contribution in [3.8, 4) is 34.5 Å². The van der Waals surface area contributed by atoms with Crippen LogP contribution in [0.3, 0.4) is 0 Å². The molecule has 2 aliphatic rings. The summed E-state index contributed by atoms with van der Waals surface area (Å²) >= 11 is 0. The van der Waals surface area contributed by atoms with E-state index in [9.17, 15) is 30.3 Å². The van der Waals surface area contributed by atoms with Crippen molar-refractivity contribution in [3.05, 3.63) is 88.5 Å². The van der Waals surface area contributed by atoms with Gasteiger partial charge in [-0.1, -0.05) is 23.8 Å². The summed E-state index contributed by atoms with van der Waals surface area (Å²) in [6, 6.07) is 11.8. The highest BCUT2D eigenvalue weighted by Crippen LogP contribution is 2.53. The number of ether oxygens (including phenoxy) is 1. The van der Waals surface area contributed by atoms with E-state index >= 15 is 0 Å². The van der Waals surface area contributed by atoms with Crippen LogP contribution in [0.4, 0.5) is 0 Å². The molecule has 196 valence electrons. The Hall–Kier alpha value is -4.39. The monoisotopic (exact) mass is 514 g/mol. The molecule has 0 bridgehead atoms. The summed E-state index contributed by atoms with van der Waals surface area (Å²) < 4.78 is 5.94. The maximum Gasteiger partial charge on any atom is 0.171 e. The van der Waals surface area contributed by atoms with E-state index in [0.717, 1.165) is 5.57 Å². The zero-order valence-electron chi connectivity index (χ0n) is 21.3. The molecule has 38 heavy (non-hydrogen) atoms. The number of hydrogen-bond donors (Lipinski definition) is 5. The second-order valence-electron chi connectivity index (χ2n) is 10.6. The number of fused-ring (bicyclic) bond motifs is 1. The third-order valence-corrected chi connectivity index (χ3v) is 7.40. The number of carbonyl (C=O) groups excluding carboxylic acids is 1. The first-order valence-electron chi connectivity index (χ1n) is 12.5. The van der Waals surface area contributed by atoms with E-state index in [1.807, 2.05) is 26.8 Å². The second-order valence-corrected chi connectivity index (χ2v) is 10.6. The third-order valence-electron chi connectivity index (χ3n) is 7.40. The van der Waals surface area contributed by atoms with Gasteiger partial charge in [-0.05, 0) is 75.2 Å². The van der Waals surface area contributed by atoms with Crippen LogP contribution >= 0.6 is 0 Å². The average Bonchev–Trinajstić information content (AvgIpc) is 2.83. The first kappa shape index (κ1) is 25.3. The molecule has 3 aromatic rings. The molecule has 0 spiro atoms. The molecule has 1 aliphatic heterocycles. The van der Waals surface area contributed by atoms with Gasteiger partial charge in [-0.3, -0.25) is 4.79 Å². The zero-order valence-corrected chi connectivity index (χ0v) is 21.3. The molecular weight excluding hydrogens is 484 g/mol. The van der Waals surface area contributed by atoms with Crippen molar-refractivity contribution in [3.63, 3.8) is 0 Å². The maximum atomic E-state index is 14.4. The van der Waals surface area contributed by atoms with Crippen LogP contribution in [0.25, 0.3) is 6.08 Å². The van der Waals surface area contributed by atoms with Crippen LogP contribution in [-0.2, 0) is 0 Å². The van der Waals surface area contributed by atoms with E-state index in [-0.39, 0.29) is 39.9 Å². The number of ketones is 1. The molecule has 0 radical (unpaired) electrons. The van der Waals surface area contributed by atoms with Crippen LogP contribution in [0.5, 0.6) is 34.5 Å². The lowest BCUT2D eigenvalue weighted by Crippen LogP contribution is -2.32. The van der Waals surface area contributed by atoms with Gasteiger partial charge in [-0.2, -0.15) is 0 Å². The molecule has 5 rings (SSSR count).